The van der Waals surface area contributed by atoms with E-state index >= 15 is 0 Å². The molecular formula is C30H51NO2W. The van der Waals surface area contributed by atoms with Crippen molar-refractivity contribution < 1.29 is 30.6 Å². The van der Waals surface area contributed by atoms with E-state index in [0.717, 1.165) is 48.3 Å². The summed E-state index contributed by atoms with van der Waals surface area (Å²) in [5.41, 5.74) is 0.890. The van der Waals surface area contributed by atoms with Crippen molar-refractivity contribution >= 4 is 6.09 Å². The molecule has 0 aromatic heterocycles. The molecule has 4 rings (SSSR count). The Bertz CT molecular complexity index is 708. The van der Waals surface area contributed by atoms with Crippen molar-refractivity contribution in [3.63, 3.8) is 0 Å². The van der Waals surface area contributed by atoms with Crippen LogP contribution in [0.4, 0.5) is 4.79 Å². The van der Waals surface area contributed by atoms with Crippen LogP contribution in [-0.4, -0.2) is 12.2 Å². The minimum atomic E-state index is -0.385. The Kier molecular flexibility index (Phi) is 10.4. The van der Waals surface area contributed by atoms with E-state index in [1.807, 2.05) is 0 Å². The van der Waals surface area contributed by atoms with E-state index in [2.05, 4.69) is 59.1 Å². The molecule has 1 amide bonds. The molecule has 4 aliphatic carbocycles. The molecule has 3 fully saturated rings. The van der Waals surface area contributed by atoms with Crippen LogP contribution in [0.3, 0.4) is 0 Å². The molecule has 0 bridgehead atoms. The molecule has 3 saturated carbocycles. The molecule has 9 atom stereocenters. The summed E-state index contributed by atoms with van der Waals surface area (Å²) >= 11 is 0. The molecule has 4 aliphatic rings. The van der Waals surface area contributed by atoms with Crippen molar-refractivity contribution in [3.05, 3.63) is 26.6 Å². The van der Waals surface area contributed by atoms with Crippen LogP contribution < -0.4 is 5.32 Å². The van der Waals surface area contributed by atoms with Crippen LogP contribution in [-0.2, 0) is 25.8 Å². The molecule has 0 aromatic rings. The molecule has 0 saturated heterocycles. The SMILES string of the molecule is [CH2-]NC(=O)O[C@H]1CC[C@@]2(C)C(C=CC3C4CCC(C(C)CCCC(C)C)[C@@]4(C)CCC32)C1.[CH3-].[W+2]. The van der Waals surface area contributed by atoms with Crippen LogP contribution in [0.1, 0.15) is 98.8 Å². The van der Waals surface area contributed by atoms with Gasteiger partial charge in [-0.05, 0) is 97.2 Å². The second-order valence-electron chi connectivity index (χ2n) is 12.8. The van der Waals surface area contributed by atoms with Gasteiger partial charge < -0.3 is 17.5 Å². The summed E-state index contributed by atoms with van der Waals surface area (Å²) in [5, 5.41) is 2.37. The maximum absolute atomic E-state index is 11.7. The fraction of sp³-hybridized carbons (Fsp3) is 0.833. The molecule has 34 heavy (non-hydrogen) atoms. The summed E-state index contributed by atoms with van der Waals surface area (Å²) in [6, 6.07) is 0. The Morgan fingerprint density at radius 3 is 2.38 bits per heavy atom. The Morgan fingerprint density at radius 1 is 1.03 bits per heavy atom. The van der Waals surface area contributed by atoms with Crippen molar-refractivity contribution in [3.8, 4) is 0 Å². The van der Waals surface area contributed by atoms with Gasteiger partial charge in [-0.3, -0.25) is 7.05 Å². The number of carbonyl (C=O) groups excluding carboxylic acids is 1. The first-order valence-corrected chi connectivity index (χ1v) is 13.6. The third-order valence-electron chi connectivity index (χ3n) is 10.7. The predicted octanol–water partition coefficient (Wildman–Crippen LogP) is 8.22. The first-order chi connectivity index (χ1) is 15.2. The molecule has 4 heteroatoms. The summed E-state index contributed by atoms with van der Waals surface area (Å²) < 4.78 is 5.60. The summed E-state index contributed by atoms with van der Waals surface area (Å²) in [7, 11) is 3.44. The van der Waals surface area contributed by atoms with Gasteiger partial charge >= 0.3 is 27.2 Å². The van der Waals surface area contributed by atoms with Crippen LogP contribution in [0.5, 0.6) is 0 Å². The van der Waals surface area contributed by atoms with Gasteiger partial charge in [0.2, 0.25) is 0 Å². The van der Waals surface area contributed by atoms with E-state index in [4.69, 9.17) is 4.74 Å². The Morgan fingerprint density at radius 2 is 1.71 bits per heavy atom. The van der Waals surface area contributed by atoms with E-state index in [1.165, 1.54) is 51.4 Å². The molecule has 0 aromatic carbocycles. The molecule has 194 valence electrons. The number of hydrogen-bond donors (Lipinski definition) is 1. The Hall–Kier alpha value is -0.302. The normalized spacial score (nSPS) is 41.3. The molecule has 0 radical (unpaired) electrons. The molecular weight excluding hydrogens is 590 g/mol. The summed E-state index contributed by atoms with van der Waals surface area (Å²) in [6.45, 7) is 12.5. The van der Waals surface area contributed by atoms with E-state index in [-0.39, 0.29) is 40.7 Å². The van der Waals surface area contributed by atoms with E-state index < -0.39 is 0 Å². The summed E-state index contributed by atoms with van der Waals surface area (Å²) in [4.78, 5) is 11.7. The van der Waals surface area contributed by atoms with Gasteiger partial charge in [0.1, 0.15) is 6.10 Å². The number of allylic oxidation sites excluding steroid dienone is 2. The number of nitrogens with one attached hydrogen (secondary N) is 1. The number of amides is 1. The average molecular weight is 642 g/mol. The molecule has 1 N–H and O–H groups in total. The number of hydrogen-bond acceptors (Lipinski definition) is 2. The quantitative estimate of drug-likeness (QED) is 0.235. The van der Waals surface area contributed by atoms with Crippen LogP contribution >= 0.6 is 0 Å². The van der Waals surface area contributed by atoms with Gasteiger partial charge in [-0.15, -0.1) is 0 Å². The molecule has 6 unspecified atom stereocenters. The van der Waals surface area contributed by atoms with Gasteiger partial charge in [0.15, 0.2) is 0 Å². The second kappa shape index (κ2) is 11.8. The average Bonchev–Trinajstić information content (AvgIpc) is 3.11. The van der Waals surface area contributed by atoms with E-state index in [0.29, 0.717) is 16.7 Å². The number of fused-ring (bicyclic) bond motifs is 5. The minimum Gasteiger partial charge on any atom is -0.473 e. The molecule has 0 aliphatic heterocycles. The van der Waals surface area contributed by atoms with Gasteiger partial charge in [-0.25, -0.2) is 4.79 Å². The zero-order valence-corrected chi connectivity index (χ0v) is 25.7. The van der Waals surface area contributed by atoms with Crippen molar-refractivity contribution in [2.75, 3.05) is 0 Å². The van der Waals surface area contributed by atoms with Crippen molar-refractivity contribution in [1.29, 1.82) is 0 Å². The number of alkyl carbamates (subject to hydrolysis) is 1. The first kappa shape index (κ1) is 29.9. The fourth-order valence-corrected chi connectivity index (χ4v) is 8.91. The van der Waals surface area contributed by atoms with Crippen molar-refractivity contribution in [1.82, 2.24) is 5.32 Å². The van der Waals surface area contributed by atoms with E-state index in [9.17, 15) is 4.79 Å². The topological polar surface area (TPSA) is 38.3 Å². The molecule has 3 nitrogen and oxygen atoms in total. The number of rotatable bonds is 6. The van der Waals surface area contributed by atoms with Crippen LogP contribution in [0.2, 0.25) is 0 Å². The maximum atomic E-state index is 11.7. The molecule has 0 spiro atoms. The van der Waals surface area contributed by atoms with Crippen LogP contribution in [0.25, 0.3) is 0 Å². The number of ether oxygens (including phenoxy) is 1. The van der Waals surface area contributed by atoms with E-state index in [1.54, 1.807) is 0 Å². The maximum Gasteiger partial charge on any atom is 2.00 e. The van der Waals surface area contributed by atoms with Gasteiger partial charge in [-0.2, -0.15) is 0 Å². The van der Waals surface area contributed by atoms with Crippen molar-refractivity contribution in [2.24, 2.45) is 52.3 Å². The molecule has 0 heterocycles. The predicted molar refractivity (Wildman–Crippen MR) is 138 cm³/mol. The van der Waals surface area contributed by atoms with Gasteiger partial charge in [0.05, 0.1) is 0 Å². The zero-order chi connectivity index (χ0) is 23.1. The van der Waals surface area contributed by atoms with Crippen LogP contribution in [0.15, 0.2) is 12.2 Å². The largest absolute Gasteiger partial charge is 2.00 e. The zero-order valence-electron chi connectivity index (χ0n) is 22.8. The summed E-state index contributed by atoms with van der Waals surface area (Å²) in [6.07, 6.45) is 17.8. The third-order valence-corrected chi connectivity index (χ3v) is 10.7. The second-order valence-corrected chi connectivity index (χ2v) is 12.8. The Balaban J connectivity index is 0.00000204. The van der Waals surface area contributed by atoms with Crippen LogP contribution in [0, 0.1) is 66.7 Å². The summed E-state index contributed by atoms with van der Waals surface area (Å²) in [5.74, 6) is 5.55. The Labute approximate surface area is 225 Å². The fourth-order valence-electron chi connectivity index (χ4n) is 8.91. The van der Waals surface area contributed by atoms with Gasteiger partial charge in [0, 0.05) is 0 Å². The standard InChI is InChI=1S/C29H48NO2.CH3.W/c1-19(2)8-7-9-20(3)24-12-13-25-23-11-10-21-18-22(32-27(31)30-6)14-16-28(21,4)26(23)15-17-29(24,25)5;;/h10-11,19-26H,6-9,12-18H2,1-5H3,(H,30,31);1H3;/q2*-1;+2/t20?,21?,22-,23?,24?,25?,26?,28-,29+;;/m0../s1. The van der Waals surface area contributed by atoms with Gasteiger partial charge in [0.25, 0.3) is 0 Å². The third kappa shape index (κ3) is 5.50. The smallest absolute Gasteiger partial charge is 0.473 e. The first-order valence-electron chi connectivity index (χ1n) is 13.6. The van der Waals surface area contributed by atoms with Crippen molar-refractivity contribution in [2.45, 2.75) is 105 Å². The minimum absolute atomic E-state index is 0. The number of carbonyl (C=O) groups is 1. The monoisotopic (exact) mass is 641 g/mol. The van der Waals surface area contributed by atoms with Gasteiger partial charge in [-0.1, -0.05) is 66.0 Å².